The Labute approximate surface area is 84.9 Å². The fourth-order valence-electron chi connectivity index (χ4n) is 0.975. The second-order valence-corrected chi connectivity index (χ2v) is 3.83. The molecule has 0 aliphatic heterocycles. The van der Waals surface area contributed by atoms with E-state index in [0.29, 0.717) is 17.0 Å². The molecule has 1 unspecified atom stereocenters. The molecule has 12 heavy (non-hydrogen) atoms. The average Bonchev–Trinajstić information content (AvgIpc) is 2.08. The van der Waals surface area contributed by atoms with Crippen LogP contribution in [0.3, 0.4) is 0 Å². The maximum absolute atomic E-state index is 13.2. The third-order valence-corrected chi connectivity index (χ3v) is 2.61. The van der Waals surface area contributed by atoms with Crippen LogP contribution in [0.5, 0.6) is 0 Å². The zero-order valence-electron chi connectivity index (χ0n) is 6.65. The van der Waals surface area contributed by atoms with Gasteiger partial charge in [0.05, 0.1) is 0 Å². The highest BCUT2D eigenvalue weighted by Crippen LogP contribution is 2.30. The summed E-state index contributed by atoms with van der Waals surface area (Å²) in [6, 6.07) is 5.15. The van der Waals surface area contributed by atoms with E-state index in [2.05, 4.69) is 15.9 Å². The van der Waals surface area contributed by atoms with E-state index < -0.39 is 6.17 Å². The largest absolute Gasteiger partial charge is 0.242 e. The van der Waals surface area contributed by atoms with Crippen LogP contribution in [0.15, 0.2) is 22.7 Å². The predicted molar refractivity (Wildman–Crippen MR) is 53.3 cm³/mol. The number of hydrogen-bond acceptors (Lipinski definition) is 0. The molecule has 0 nitrogen and oxygen atoms in total. The first-order chi connectivity index (χ1) is 5.65. The van der Waals surface area contributed by atoms with Gasteiger partial charge < -0.3 is 0 Å². The van der Waals surface area contributed by atoms with Gasteiger partial charge in [0, 0.05) is 15.1 Å². The van der Waals surface area contributed by atoms with E-state index in [1.54, 1.807) is 25.1 Å². The molecule has 0 heterocycles. The van der Waals surface area contributed by atoms with Gasteiger partial charge in [-0.1, -0.05) is 34.5 Å². The van der Waals surface area contributed by atoms with Gasteiger partial charge in [-0.15, -0.1) is 0 Å². The first-order valence-corrected chi connectivity index (χ1v) is 4.91. The van der Waals surface area contributed by atoms with Crippen LogP contribution in [0.4, 0.5) is 4.39 Å². The molecule has 1 aromatic carbocycles. The zero-order valence-corrected chi connectivity index (χ0v) is 8.99. The molecule has 0 bridgehead atoms. The van der Waals surface area contributed by atoms with Crippen LogP contribution in [0.2, 0.25) is 5.02 Å². The molecule has 66 valence electrons. The standard InChI is InChI=1S/C9H9BrClF/c1-2-9(12)7-5-6(11)3-4-8(7)10/h3-5,9H,2H2,1H3. The van der Waals surface area contributed by atoms with E-state index in [1.165, 1.54) is 0 Å². The van der Waals surface area contributed by atoms with E-state index >= 15 is 0 Å². The van der Waals surface area contributed by atoms with Crippen LogP contribution in [-0.4, -0.2) is 0 Å². The average molecular weight is 252 g/mol. The van der Waals surface area contributed by atoms with Crippen molar-refractivity contribution in [3.8, 4) is 0 Å². The lowest BCUT2D eigenvalue weighted by Crippen LogP contribution is -1.90. The predicted octanol–water partition coefficient (Wildman–Crippen LogP) is 4.52. The molecular formula is C9H9BrClF. The van der Waals surface area contributed by atoms with Crippen molar-refractivity contribution in [3.05, 3.63) is 33.3 Å². The summed E-state index contributed by atoms with van der Waals surface area (Å²) in [5, 5.41) is 0.573. The van der Waals surface area contributed by atoms with Crippen LogP contribution >= 0.6 is 27.5 Å². The van der Waals surface area contributed by atoms with Crippen LogP contribution in [-0.2, 0) is 0 Å². The monoisotopic (exact) mass is 250 g/mol. The van der Waals surface area contributed by atoms with Gasteiger partial charge in [0.15, 0.2) is 0 Å². The van der Waals surface area contributed by atoms with E-state index in [9.17, 15) is 4.39 Å². The number of halogens is 3. The highest BCUT2D eigenvalue weighted by molar-refractivity contribution is 9.10. The fourth-order valence-corrected chi connectivity index (χ4v) is 1.65. The first-order valence-electron chi connectivity index (χ1n) is 3.74. The molecule has 1 aromatic rings. The Hall–Kier alpha value is -0.0800. The molecule has 3 heteroatoms. The van der Waals surface area contributed by atoms with Crippen LogP contribution < -0.4 is 0 Å². The number of hydrogen-bond donors (Lipinski definition) is 0. The van der Waals surface area contributed by atoms with Gasteiger partial charge in [-0.3, -0.25) is 0 Å². The zero-order chi connectivity index (χ0) is 9.14. The van der Waals surface area contributed by atoms with Crippen molar-refractivity contribution in [1.29, 1.82) is 0 Å². The van der Waals surface area contributed by atoms with Gasteiger partial charge in [-0.2, -0.15) is 0 Å². The summed E-state index contributed by atoms with van der Waals surface area (Å²) >= 11 is 9.00. The summed E-state index contributed by atoms with van der Waals surface area (Å²) in [5.41, 5.74) is 0.630. The minimum absolute atomic E-state index is 0.471. The Bertz CT molecular complexity index is 275. The lowest BCUT2D eigenvalue weighted by Gasteiger charge is -2.07. The summed E-state index contributed by atoms with van der Waals surface area (Å²) in [4.78, 5) is 0. The van der Waals surface area contributed by atoms with Gasteiger partial charge in [0.2, 0.25) is 0 Å². The first kappa shape index (κ1) is 10.0. The van der Waals surface area contributed by atoms with E-state index in [-0.39, 0.29) is 0 Å². The SMILES string of the molecule is CCC(F)c1cc(Cl)ccc1Br. The van der Waals surface area contributed by atoms with Crippen molar-refractivity contribution in [1.82, 2.24) is 0 Å². The molecule has 0 fully saturated rings. The molecule has 0 aliphatic carbocycles. The topological polar surface area (TPSA) is 0 Å². The molecule has 0 amide bonds. The summed E-state index contributed by atoms with van der Waals surface area (Å²) in [5.74, 6) is 0. The highest BCUT2D eigenvalue weighted by Gasteiger charge is 2.10. The van der Waals surface area contributed by atoms with E-state index in [1.807, 2.05) is 0 Å². The second-order valence-electron chi connectivity index (χ2n) is 2.54. The second kappa shape index (κ2) is 4.24. The summed E-state index contributed by atoms with van der Waals surface area (Å²) in [6.45, 7) is 1.80. The highest BCUT2D eigenvalue weighted by atomic mass is 79.9. The van der Waals surface area contributed by atoms with Crippen LogP contribution in [0.25, 0.3) is 0 Å². The molecule has 0 radical (unpaired) electrons. The van der Waals surface area contributed by atoms with Crippen molar-refractivity contribution < 1.29 is 4.39 Å². The third-order valence-electron chi connectivity index (χ3n) is 1.65. The number of rotatable bonds is 2. The van der Waals surface area contributed by atoms with Crippen molar-refractivity contribution in [3.63, 3.8) is 0 Å². The lowest BCUT2D eigenvalue weighted by molar-refractivity contribution is 0.333. The molecule has 0 saturated carbocycles. The smallest absolute Gasteiger partial charge is 0.126 e. The van der Waals surface area contributed by atoms with Gasteiger partial charge >= 0.3 is 0 Å². The Morgan fingerprint density at radius 1 is 1.58 bits per heavy atom. The lowest BCUT2D eigenvalue weighted by atomic mass is 10.1. The Kier molecular flexibility index (Phi) is 3.53. The summed E-state index contributed by atoms with van der Waals surface area (Å²) in [6.07, 6.45) is -0.461. The molecule has 0 aliphatic rings. The van der Waals surface area contributed by atoms with Crippen LogP contribution in [0, 0.1) is 0 Å². The van der Waals surface area contributed by atoms with Crippen molar-refractivity contribution in [2.45, 2.75) is 19.5 Å². The minimum atomic E-state index is -0.932. The maximum atomic E-state index is 13.2. The Balaban J connectivity index is 3.04. The molecule has 0 aromatic heterocycles. The van der Waals surface area contributed by atoms with Gasteiger partial charge in [0.25, 0.3) is 0 Å². The van der Waals surface area contributed by atoms with Gasteiger partial charge in [0.1, 0.15) is 6.17 Å². The van der Waals surface area contributed by atoms with Crippen molar-refractivity contribution >= 4 is 27.5 Å². The molecule has 0 N–H and O–H groups in total. The van der Waals surface area contributed by atoms with E-state index in [0.717, 1.165) is 4.47 Å². The molecule has 1 rings (SSSR count). The Morgan fingerprint density at radius 2 is 2.25 bits per heavy atom. The van der Waals surface area contributed by atoms with E-state index in [4.69, 9.17) is 11.6 Å². The minimum Gasteiger partial charge on any atom is -0.242 e. The normalized spacial score (nSPS) is 13.0. The quantitative estimate of drug-likeness (QED) is 0.725. The molecular weight excluding hydrogens is 242 g/mol. The molecule has 0 spiro atoms. The summed E-state index contributed by atoms with van der Waals surface area (Å²) in [7, 11) is 0. The van der Waals surface area contributed by atoms with Gasteiger partial charge in [-0.05, 0) is 24.6 Å². The number of alkyl halides is 1. The van der Waals surface area contributed by atoms with Gasteiger partial charge in [-0.25, -0.2) is 4.39 Å². The molecule has 0 saturated heterocycles. The number of benzene rings is 1. The fraction of sp³-hybridized carbons (Fsp3) is 0.333. The summed E-state index contributed by atoms with van der Waals surface area (Å²) < 4.78 is 14.0. The third kappa shape index (κ3) is 2.20. The Morgan fingerprint density at radius 3 is 2.83 bits per heavy atom. The molecule has 1 atom stereocenters. The van der Waals surface area contributed by atoms with Crippen molar-refractivity contribution in [2.24, 2.45) is 0 Å². The van der Waals surface area contributed by atoms with Crippen LogP contribution in [0.1, 0.15) is 25.1 Å². The van der Waals surface area contributed by atoms with Crippen molar-refractivity contribution in [2.75, 3.05) is 0 Å². The maximum Gasteiger partial charge on any atom is 0.126 e.